The summed E-state index contributed by atoms with van der Waals surface area (Å²) < 4.78 is 1.16. The van der Waals surface area contributed by atoms with Crippen LogP contribution in [-0.2, 0) is 6.54 Å². The van der Waals surface area contributed by atoms with Crippen molar-refractivity contribution >= 4 is 15.9 Å². The molecule has 0 bridgehead atoms. The molecule has 0 radical (unpaired) electrons. The van der Waals surface area contributed by atoms with Crippen molar-refractivity contribution in [1.82, 2.24) is 0 Å². The molecule has 0 aliphatic rings. The van der Waals surface area contributed by atoms with Crippen molar-refractivity contribution in [3.63, 3.8) is 0 Å². The molecule has 96 valence electrons. The van der Waals surface area contributed by atoms with E-state index in [1.165, 1.54) is 12.0 Å². The van der Waals surface area contributed by atoms with Crippen LogP contribution in [0.25, 0.3) is 0 Å². The fourth-order valence-corrected chi connectivity index (χ4v) is 2.94. The average Bonchev–Trinajstić information content (AvgIpc) is 2.11. The van der Waals surface area contributed by atoms with Crippen LogP contribution < -0.4 is 5.32 Å². The first-order chi connectivity index (χ1) is 7.68. The normalized spacial score (nSPS) is 12.8. The molecule has 0 saturated carbocycles. The average molecular weight is 299 g/mol. The van der Waals surface area contributed by atoms with Crippen LogP contribution >= 0.6 is 15.9 Å². The van der Waals surface area contributed by atoms with E-state index in [9.17, 15) is 0 Å². The highest BCUT2D eigenvalue weighted by Crippen LogP contribution is 2.24. The van der Waals surface area contributed by atoms with E-state index in [1.807, 2.05) is 0 Å². The van der Waals surface area contributed by atoms with Gasteiger partial charge in [0.05, 0.1) is 5.54 Å². The van der Waals surface area contributed by atoms with Crippen molar-refractivity contribution in [3.05, 3.63) is 34.3 Å². The summed E-state index contributed by atoms with van der Waals surface area (Å²) in [5.41, 5.74) is 2.05. The van der Waals surface area contributed by atoms with E-state index < -0.39 is 0 Å². The fraction of sp³-hybridized carbons (Fsp3) is 0.600. The Balaban J connectivity index is 2.55. The first kappa shape index (κ1) is 14.7. The minimum absolute atomic E-state index is 0.292. The van der Waals surface area contributed by atoms with Crippen molar-refractivity contribution in [2.24, 2.45) is 5.41 Å². The third kappa shape index (κ3) is 6.23. The summed E-state index contributed by atoms with van der Waals surface area (Å²) in [7, 11) is 0. The van der Waals surface area contributed by atoms with Crippen LogP contribution in [-0.4, -0.2) is 5.54 Å². The van der Waals surface area contributed by atoms with Gasteiger partial charge in [0.2, 0.25) is 0 Å². The van der Waals surface area contributed by atoms with Crippen LogP contribution in [0.1, 0.15) is 46.6 Å². The minimum atomic E-state index is 0.292. The summed E-state index contributed by atoms with van der Waals surface area (Å²) in [5, 5.41) is 2.44. The second-order valence-corrected chi connectivity index (χ2v) is 7.68. The SMILES string of the molecule is CC(C)(C)CC(C)(C)[NH2+]Cc1cccc(Br)c1. The Kier molecular flexibility index (Phi) is 4.79. The van der Waals surface area contributed by atoms with Gasteiger partial charge in [-0.2, -0.15) is 0 Å². The maximum absolute atomic E-state index is 3.52. The molecule has 0 amide bonds. The Hall–Kier alpha value is -0.340. The predicted octanol–water partition coefficient (Wildman–Crippen LogP) is 3.73. The van der Waals surface area contributed by atoms with Crippen LogP contribution in [0.15, 0.2) is 28.7 Å². The van der Waals surface area contributed by atoms with Gasteiger partial charge in [0.25, 0.3) is 0 Å². The van der Waals surface area contributed by atoms with Crippen LogP contribution in [0.2, 0.25) is 0 Å². The Morgan fingerprint density at radius 1 is 1.12 bits per heavy atom. The standard InChI is InChI=1S/C15H24BrN/c1-14(2,3)11-15(4,5)17-10-12-7-6-8-13(16)9-12/h6-9,17H,10-11H2,1-5H3/p+1. The van der Waals surface area contributed by atoms with Crippen molar-refractivity contribution in [2.45, 2.75) is 53.1 Å². The predicted molar refractivity (Wildman–Crippen MR) is 77.9 cm³/mol. The summed E-state index contributed by atoms with van der Waals surface area (Å²) in [6.07, 6.45) is 1.22. The number of hydrogen-bond acceptors (Lipinski definition) is 0. The number of nitrogens with two attached hydrogens (primary N) is 1. The molecule has 0 aliphatic heterocycles. The van der Waals surface area contributed by atoms with E-state index in [0.717, 1.165) is 11.0 Å². The van der Waals surface area contributed by atoms with E-state index in [2.05, 4.69) is 80.1 Å². The number of halogens is 1. The van der Waals surface area contributed by atoms with Gasteiger partial charge in [-0.1, -0.05) is 48.8 Å². The lowest BCUT2D eigenvalue weighted by atomic mass is 9.82. The highest BCUT2D eigenvalue weighted by Gasteiger charge is 2.28. The molecule has 0 spiro atoms. The Morgan fingerprint density at radius 2 is 1.76 bits per heavy atom. The summed E-state index contributed by atoms with van der Waals surface area (Å²) in [6, 6.07) is 8.56. The molecule has 2 N–H and O–H groups in total. The van der Waals surface area contributed by atoms with Gasteiger partial charge in [0.15, 0.2) is 0 Å². The topological polar surface area (TPSA) is 16.6 Å². The molecule has 17 heavy (non-hydrogen) atoms. The van der Waals surface area contributed by atoms with Gasteiger partial charge in [-0.3, -0.25) is 0 Å². The Morgan fingerprint density at radius 3 is 2.29 bits per heavy atom. The molecule has 0 aromatic heterocycles. The maximum Gasteiger partial charge on any atom is 0.102 e. The van der Waals surface area contributed by atoms with Gasteiger partial charge in [0, 0.05) is 16.5 Å². The van der Waals surface area contributed by atoms with E-state index >= 15 is 0 Å². The highest BCUT2D eigenvalue weighted by atomic mass is 79.9. The molecule has 0 saturated heterocycles. The molecule has 0 unspecified atom stereocenters. The summed E-state index contributed by atoms with van der Waals surface area (Å²) in [5.74, 6) is 0. The van der Waals surface area contributed by atoms with Crippen molar-refractivity contribution in [1.29, 1.82) is 0 Å². The number of quaternary nitrogens is 1. The zero-order chi connectivity index (χ0) is 13.1. The van der Waals surface area contributed by atoms with Gasteiger partial charge in [-0.05, 0) is 31.4 Å². The third-order valence-electron chi connectivity index (χ3n) is 2.77. The first-order valence-electron chi connectivity index (χ1n) is 6.27. The van der Waals surface area contributed by atoms with E-state index in [-0.39, 0.29) is 0 Å². The Labute approximate surface area is 114 Å². The molecule has 0 heterocycles. The van der Waals surface area contributed by atoms with Crippen molar-refractivity contribution < 1.29 is 5.32 Å². The summed E-state index contributed by atoms with van der Waals surface area (Å²) in [6.45, 7) is 12.6. The van der Waals surface area contributed by atoms with Crippen LogP contribution in [0.3, 0.4) is 0 Å². The van der Waals surface area contributed by atoms with E-state index in [0.29, 0.717) is 11.0 Å². The third-order valence-corrected chi connectivity index (χ3v) is 3.26. The molecular weight excluding hydrogens is 274 g/mol. The van der Waals surface area contributed by atoms with Crippen LogP contribution in [0.4, 0.5) is 0 Å². The second kappa shape index (κ2) is 5.53. The van der Waals surface area contributed by atoms with Crippen LogP contribution in [0.5, 0.6) is 0 Å². The molecule has 1 aromatic rings. The van der Waals surface area contributed by atoms with Gasteiger partial charge in [-0.25, -0.2) is 0 Å². The molecule has 0 fully saturated rings. The Bertz CT molecular complexity index is 363. The number of rotatable bonds is 4. The van der Waals surface area contributed by atoms with Gasteiger partial charge >= 0.3 is 0 Å². The molecule has 1 aromatic carbocycles. The maximum atomic E-state index is 3.52. The molecule has 2 heteroatoms. The zero-order valence-electron chi connectivity index (χ0n) is 11.7. The fourth-order valence-electron chi connectivity index (χ4n) is 2.50. The molecular formula is C15H25BrN+. The molecule has 1 nitrogen and oxygen atoms in total. The van der Waals surface area contributed by atoms with Gasteiger partial charge in [0.1, 0.15) is 6.54 Å². The monoisotopic (exact) mass is 298 g/mol. The van der Waals surface area contributed by atoms with Gasteiger partial charge < -0.3 is 5.32 Å². The van der Waals surface area contributed by atoms with Gasteiger partial charge in [-0.15, -0.1) is 0 Å². The minimum Gasteiger partial charge on any atom is -0.338 e. The smallest absolute Gasteiger partial charge is 0.102 e. The molecule has 0 atom stereocenters. The van der Waals surface area contributed by atoms with E-state index in [1.54, 1.807) is 0 Å². The summed E-state index contributed by atoms with van der Waals surface area (Å²) in [4.78, 5) is 0. The lowest BCUT2D eigenvalue weighted by molar-refractivity contribution is -0.737. The van der Waals surface area contributed by atoms with E-state index in [4.69, 9.17) is 0 Å². The molecule has 0 aliphatic carbocycles. The lowest BCUT2D eigenvalue weighted by Crippen LogP contribution is -2.94. The quantitative estimate of drug-likeness (QED) is 0.872. The van der Waals surface area contributed by atoms with Crippen molar-refractivity contribution in [3.8, 4) is 0 Å². The molecule has 1 rings (SSSR count). The highest BCUT2D eigenvalue weighted by molar-refractivity contribution is 9.10. The zero-order valence-corrected chi connectivity index (χ0v) is 13.3. The van der Waals surface area contributed by atoms with Crippen LogP contribution in [0, 0.1) is 5.41 Å². The second-order valence-electron chi connectivity index (χ2n) is 6.76. The number of benzene rings is 1. The first-order valence-corrected chi connectivity index (χ1v) is 7.06. The van der Waals surface area contributed by atoms with Crippen molar-refractivity contribution in [2.75, 3.05) is 0 Å². The largest absolute Gasteiger partial charge is 0.338 e. The lowest BCUT2D eigenvalue weighted by Gasteiger charge is -2.30. The summed E-state index contributed by atoms with van der Waals surface area (Å²) >= 11 is 3.52. The number of hydrogen-bond donors (Lipinski definition) is 1.